The minimum absolute atomic E-state index is 0.563. The van der Waals surface area contributed by atoms with Crippen LogP contribution in [0.25, 0.3) is 0 Å². The van der Waals surface area contributed by atoms with Gasteiger partial charge in [-0.15, -0.1) is 0 Å². The van der Waals surface area contributed by atoms with Gasteiger partial charge in [-0.2, -0.15) is 0 Å². The molecular weight excluding hydrogens is 345 g/mol. The molecule has 4 aromatic rings. The molecular formula is C25H23NP. The van der Waals surface area contributed by atoms with Crippen molar-refractivity contribution in [1.29, 1.82) is 0 Å². The normalized spacial score (nSPS) is 11.3. The van der Waals surface area contributed by atoms with E-state index in [1.807, 2.05) is 0 Å². The maximum Gasteiger partial charge on any atom is 0.0178 e. The fourth-order valence-corrected chi connectivity index (χ4v) is 7.95. The molecule has 0 saturated carbocycles. The van der Waals surface area contributed by atoms with Crippen molar-refractivity contribution in [2.45, 2.75) is 6.54 Å². The third-order valence-electron chi connectivity index (χ3n) is 4.99. The monoisotopic (exact) mass is 368 g/mol. The zero-order valence-electron chi connectivity index (χ0n) is 15.2. The van der Waals surface area contributed by atoms with Gasteiger partial charge in [0.2, 0.25) is 0 Å². The van der Waals surface area contributed by atoms with Gasteiger partial charge in [0.15, 0.2) is 0 Å². The van der Waals surface area contributed by atoms with Gasteiger partial charge in [0.25, 0.3) is 0 Å². The Kier molecular flexibility index (Phi) is 5.16. The first-order chi connectivity index (χ1) is 13.4. The van der Waals surface area contributed by atoms with Crippen LogP contribution in [0.5, 0.6) is 0 Å². The summed E-state index contributed by atoms with van der Waals surface area (Å²) in [7, 11) is -1.98. The predicted molar refractivity (Wildman–Crippen MR) is 119 cm³/mol. The Morgan fingerprint density at radius 3 is 1.11 bits per heavy atom. The van der Waals surface area contributed by atoms with Crippen LogP contribution < -0.4 is 27.0 Å². The van der Waals surface area contributed by atoms with Gasteiger partial charge in [-0.25, -0.2) is 0 Å². The molecule has 27 heavy (non-hydrogen) atoms. The van der Waals surface area contributed by atoms with Gasteiger partial charge in [-0.1, -0.05) is 115 Å². The predicted octanol–water partition coefficient (Wildman–Crippen LogP) is 3.76. The van der Waals surface area contributed by atoms with Crippen LogP contribution in [0.15, 0.2) is 115 Å². The lowest BCUT2D eigenvalue weighted by Gasteiger charge is -2.39. The Hall–Kier alpha value is -2.73. The molecule has 0 unspecified atom stereocenters. The van der Waals surface area contributed by atoms with Gasteiger partial charge in [-0.3, -0.25) is 0 Å². The molecule has 0 bridgehead atoms. The first-order valence-corrected chi connectivity index (χ1v) is 11.0. The Balaban J connectivity index is 2.09. The van der Waals surface area contributed by atoms with Crippen molar-refractivity contribution in [3.63, 3.8) is 0 Å². The van der Waals surface area contributed by atoms with Gasteiger partial charge >= 0.3 is 0 Å². The Bertz CT molecular complexity index is 884. The lowest BCUT2D eigenvalue weighted by molar-refractivity contribution is 1.07. The molecule has 0 atom stereocenters. The number of nitrogens with two attached hydrogens (primary N) is 1. The van der Waals surface area contributed by atoms with E-state index in [1.54, 1.807) is 0 Å². The molecule has 4 rings (SSSR count). The molecule has 0 fully saturated rings. The van der Waals surface area contributed by atoms with Crippen molar-refractivity contribution in [3.8, 4) is 0 Å². The lowest BCUT2D eigenvalue weighted by Crippen LogP contribution is -2.38. The molecule has 0 aliphatic rings. The highest BCUT2D eigenvalue weighted by molar-refractivity contribution is 8.01. The molecule has 1 radical (unpaired) electrons. The summed E-state index contributed by atoms with van der Waals surface area (Å²) in [6.45, 7) is 0.563. The zero-order valence-corrected chi connectivity index (χ0v) is 16.1. The Morgan fingerprint density at radius 2 is 0.778 bits per heavy atom. The number of hydrogen-bond donors (Lipinski definition) is 1. The molecule has 2 heteroatoms. The van der Waals surface area contributed by atoms with E-state index < -0.39 is 7.26 Å². The quantitative estimate of drug-likeness (QED) is 0.533. The SMILES string of the molecule is NCc1ccc([P](c2ccccc2)(c2ccccc2)c2ccccc2)cc1. The van der Waals surface area contributed by atoms with E-state index in [4.69, 9.17) is 5.73 Å². The van der Waals surface area contributed by atoms with Crippen molar-refractivity contribution in [2.75, 3.05) is 0 Å². The van der Waals surface area contributed by atoms with E-state index in [1.165, 1.54) is 21.2 Å². The van der Waals surface area contributed by atoms with Crippen molar-refractivity contribution in [3.05, 3.63) is 121 Å². The van der Waals surface area contributed by atoms with E-state index in [-0.39, 0.29) is 0 Å². The highest BCUT2D eigenvalue weighted by Crippen LogP contribution is 2.54. The average molecular weight is 368 g/mol. The van der Waals surface area contributed by atoms with Crippen molar-refractivity contribution < 1.29 is 0 Å². The van der Waals surface area contributed by atoms with Gasteiger partial charge in [0, 0.05) is 6.54 Å². The second-order valence-corrected chi connectivity index (χ2v) is 9.96. The fourth-order valence-electron chi connectivity index (χ4n) is 3.70. The summed E-state index contributed by atoms with van der Waals surface area (Å²) in [5.74, 6) is 0. The highest BCUT2D eigenvalue weighted by atomic mass is 31.2. The summed E-state index contributed by atoms with van der Waals surface area (Å²) in [6.07, 6.45) is 0. The maximum absolute atomic E-state index is 5.85. The van der Waals surface area contributed by atoms with E-state index in [0.717, 1.165) is 5.56 Å². The van der Waals surface area contributed by atoms with Gasteiger partial charge < -0.3 is 5.73 Å². The van der Waals surface area contributed by atoms with E-state index in [0.29, 0.717) is 6.54 Å². The lowest BCUT2D eigenvalue weighted by atomic mass is 10.2. The largest absolute Gasteiger partial charge is 0.326 e. The number of benzene rings is 4. The van der Waals surface area contributed by atoms with Gasteiger partial charge in [0.1, 0.15) is 0 Å². The molecule has 0 aromatic heterocycles. The molecule has 0 spiro atoms. The van der Waals surface area contributed by atoms with Crippen molar-refractivity contribution in [1.82, 2.24) is 0 Å². The topological polar surface area (TPSA) is 26.0 Å². The summed E-state index contributed by atoms with van der Waals surface area (Å²) in [5, 5.41) is 5.44. The van der Waals surface area contributed by atoms with Crippen LogP contribution in [0, 0.1) is 0 Å². The summed E-state index contributed by atoms with van der Waals surface area (Å²) in [4.78, 5) is 0. The van der Waals surface area contributed by atoms with Crippen LogP contribution in [0.3, 0.4) is 0 Å². The zero-order chi connectivity index (χ0) is 18.5. The van der Waals surface area contributed by atoms with Crippen LogP contribution in [-0.4, -0.2) is 0 Å². The molecule has 0 aliphatic carbocycles. The summed E-state index contributed by atoms with van der Waals surface area (Å²) < 4.78 is 0. The first-order valence-electron chi connectivity index (χ1n) is 9.21. The molecule has 0 saturated heterocycles. The summed E-state index contributed by atoms with van der Waals surface area (Å²) in [5.41, 5.74) is 7.01. The Labute approximate surface area is 161 Å². The first kappa shape index (κ1) is 17.7. The fraction of sp³-hybridized carbons (Fsp3) is 0.0400. The van der Waals surface area contributed by atoms with Gasteiger partial charge in [-0.05, 0) is 34.0 Å². The maximum atomic E-state index is 5.85. The van der Waals surface area contributed by atoms with E-state index >= 15 is 0 Å². The number of hydrogen-bond acceptors (Lipinski definition) is 1. The molecule has 0 amide bonds. The minimum atomic E-state index is -1.98. The summed E-state index contributed by atoms with van der Waals surface area (Å²) >= 11 is 0. The molecule has 4 aromatic carbocycles. The Morgan fingerprint density at radius 1 is 0.444 bits per heavy atom. The smallest absolute Gasteiger partial charge is 0.0178 e. The second-order valence-electron chi connectivity index (χ2n) is 6.55. The van der Waals surface area contributed by atoms with Crippen LogP contribution in [0.1, 0.15) is 5.56 Å². The standard InChI is InChI=1S/C25H23NP/c26-20-21-16-18-25(19-17-21)27(22-10-4-1-5-11-22,23-12-6-2-7-13-23)24-14-8-3-9-15-24/h1-19H,20,26H2. The van der Waals surface area contributed by atoms with Crippen LogP contribution >= 0.6 is 7.26 Å². The van der Waals surface area contributed by atoms with Crippen molar-refractivity contribution >= 4 is 28.5 Å². The third kappa shape index (κ3) is 3.21. The van der Waals surface area contributed by atoms with E-state index in [2.05, 4.69) is 115 Å². The van der Waals surface area contributed by atoms with Crippen LogP contribution in [0.4, 0.5) is 0 Å². The molecule has 133 valence electrons. The average Bonchev–Trinajstić information content (AvgIpc) is 2.77. The minimum Gasteiger partial charge on any atom is -0.326 e. The van der Waals surface area contributed by atoms with Crippen LogP contribution in [-0.2, 0) is 6.54 Å². The molecule has 2 N–H and O–H groups in total. The highest BCUT2D eigenvalue weighted by Gasteiger charge is 2.35. The molecule has 0 heterocycles. The number of rotatable bonds is 5. The second kappa shape index (κ2) is 7.88. The van der Waals surface area contributed by atoms with Gasteiger partial charge in [0.05, 0.1) is 0 Å². The van der Waals surface area contributed by atoms with Crippen LogP contribution in [0.2, 0.25) is 0 Å². The van der Waals surface area contributed by atoms with Crippen molar-refractivity contribution in [2.24, 2.45) is 5.73 Å². The summed E-state index contributed by atoms with van der Waals surface area (Å²) in [6, 6.07) is 41.6. The van der Waals surface area contributed by atoms with E-state index in [9.17, 15) is 0 Å². The third-order valence-corrected chi connectivity index (χ3v) is 9.28. The molecule has 1 nitrogen and oxygen atoms in total. The molecule has 0 aliphatic heterocycles.